The van der Waals surface area contributed by atoms with E-state index in [1.807, 2.05) is 18.2 Å². The summed E-state index contributed by atoms with van der Waals surface area (Å²) in [5.41, 5.74) is 13.3. The zero-order chi connectivity index (χ0) is 37.5. The van der Waals surface area contributed by atoms with E-state index in [0.29, 0.717) is 5.82 Å². The van der Waals surface area contributed by atoms with E-state index in [4.69, 9.17) is 14.4 Å². The maximum Gasteiger partial charge on any atom is 0.160 e. The van der Waals surface area contributed by atoms with Gasteiger partial charge in [0.25, 0.3) is 0 Å². The maximum absolute atomic E-state index is 6.50. The largest absolute Gasteiger partial charge is 0.456 e. The quantitative estimate of drug-likeness (QED) is 0.177. The Morgan fingerprint density at radius 1 is 0.333 bits per heavy atom. The molecule has 0 saturated carbocycles. The second-order valence-electron chi connectivity index (χ2n) is 14.6. The summed E-state index contributed by atoms with van der Waals surface area (Å²) in [6, 6.07) is 68.2. The molecule has 5 nitrogen and oxygen atoms in total. The number of furan rings is 1. The van der Waals surface area contributed by atoms with Crippen LogP contribution in [0.15, 0.2) is 199 Å². The molecule has 8 aromatic carbocycles. The Bertz CT molecular complexity index is 3450. The third-order valence-electron chi connectivity index (χ3n) is 11.3. The van der Waals surface area contributed by atoms with Gasteiger partial charge in [-0.3, -0.25) is 0 Å². The summed E-state index contributed by atoms with van der Waals surface area (Å²) < 4.78 is 11.3. The predicted octanol–water partition coefficient (Wildman–Crippen LogP) is 13.6. The second-order valence-corrected chi connectivity index (χ2v) is 14.6. The average molecular weight is 729 g/mol. The molecule has 0 aliphatic rings. The van der Waals surface area contributed by atoms with Gasteiger partial charge in [0.2, 0.25) is 0 Å². The van der Waals surface area contributed by atoms with Crippen LogP contribution in [0.25, 0.3) is 111 Å². The van der Waals surface area contributed by atoms with Crippen LogP contribution in [0.5, 0.6) is 0 Å². The van der Waals surface area contributed by atoms with Gasteiger partial charge in [0.1, 0.15) is 11.2 Å². The van der Waals surface area contributed by atoms with E-state index >= 15 is 0 Å². The molecular formula is C52H32N4O. The highest BCUT2D eigenvalue weighted by molar-refractivity contribution is 6.35. The van der Waals surface area contributed by atoms with Gasteiger partial charge in [0, 0.05) is 60.4 Å². The molecule has 0 saturated heterocycles. The molecule has 4 heterocycles. The molecule has 0 bridgehead atoms. The van der Waals surface area contributed by atoms with E-state index in [1.54, 1.807) is 0 Å². The monoisotopic (exact) mass is 728 g/mol. The van der Waals surface area contributed by atoms with Crippen LogP contribution in [0.4, 0.5) is 0 Å². The van der Waals surface area contributed by atoms with E-state index < -0.39 is 0 Å². The number of benzene rings is 8. The molecular weight excluding hydrogens is 697 g/mol. The molecule has 0 unspecified atom stereocenters. The first-order chi connectivity index (χ1) is 28.3. The minimum absolute atomic E-state index is 0.681. The van der Waals surface area contributed by atoms with Crippen molar-refractivity contribution in [3.05, 3.63) is 194 Å². The molecule has 12 rings (SSSR count). The summed E-state index contributed by atoms with van der Waals surface area (Å²) in [6.45, 7) is 0. The molecule has 5 heteroatoms. The number of hydrogen-bond acceptors (Lipinski definition) is 3. The summed E-state index contributed by atoms with van der Waals surface area (Å²) in [6.07, 6.45) is 0. The van der Waals surface area contributed by atoms with Gasteiger partial charge in [0.15, 0.2) is 5.82 Å². The normalized spacial score (nSPS) is 11.9. The lowest BCUT2D eigenvalue weighted by Gasteiger charge is -2.12. The highest BCUT2D eigenvalue weighted by Crippen LogP contribution is 2.46. The number of rotatable bonds is 5. The van der Waals surface area contributed by atoms with E-state index in [2.05, 4.69) is 185 Å². The third kappa shape index (κ3) is 4.82. The first kappa shape index (κ1) is 31.6. The molecule has 12 aromatic rings. The van der Waals surface area contributed by atoms with Gasteiger partial charge in [-0.05, 0) is 66.7 Å². The van der Waals surface area contributed by atoms with Crippen molar-refractivity contribution < 1.29 is 4.42 Å². The molecule has 0 aliphatic carbocycles. The summed E-state index contributed by atoms with van der Waals surface area (Å²) in [7, 11) is 0. The molecule has 0 N–H and O–H groups in total. The predicted molar refractivity (Wildman–Crippen MR) is 234 cm³/mol. The lowest BCUT2D eigenvalue weighted by Crippen LogP contribution is -1.98. The van der Waals surface area contributed by atoms with E-state index in [-0.39, 0.29) is 0 Å². The van der Waals surface area contributed by atoms with E-state index in [0.717, 1.165) is 83.5 Å². The minimum Gasteiger partial charge on any atom is -0.456 e. The van der Waals surface area contributed by atoms with E-state index in [1.165, 1.54) is 21.5 Å². The molecule has 0 radical (unpaired) electrons. The van der Waals surface area contributed by atoms with Crippen LogP contribution in [0.1, 0.15) is 0 Å². The molecule has 0 atom stereocenters. The first-order valence-electron chi connectivity index (χ1n) is 19.3. The summed E-state index contributed by atoms with van der Waals surface area (Å²) >= 11 is 0. The molecule has 266 valence electrons. The van der Waals surface area contributed by atoms with Crippen molar-refractivity contribution in [2.24, 2.45) is 0 Å². The standard InChI is InChI=1S/C52H32N4O/c1-4-15-33(16-5-1)40-32-41(34-17-6-2-7-18-34)54-52(53-40)35-19-14-22-37(31-35)56-42-25-12-10-23-38(42)48-43(56)27-28-44-50(48)51-45(55(44)36-20-8-3-9-21-36)29-30-47-49(51)39-24-11-13-26-46(39)57-47/h1-32H. The van der Waals surface area contributed by atoms with Crippen molar-refractivity contribution in [2.45, 2.75) is 0 Å². The van der Waals surface area contributed by atoms with Crippen molar-refractivity contribution in [1.82, 2.24) is 19.1 Å². The number of nitrogens with zero attached hydrogens (tertiary/aromatic N) is 4. The number of para-hydroxylation sites is 3. The highest BCUT2D eigenvalue weighted by atomic mass is 16.3. The van der Waals surface area contributed by atoms with E-state index in [9.17, 15) is 0 Å². The Hall–Kier alpha value is -7.76. The summed E-state index contributed by atoms with van der Waals surface area (Å²) in [5.74, 6) is 0.681. The fourth-order valence-electron chi connectivity index (χ4n) is 8.87. The SMILES string of the molecule is c1ccc(-c2cc(-c3ccccc3)nc(-c3cccc(-n4c5ccccc5c5c6c7c8c(ccc7n(-c7ccccc7)c6ccc54)oc4ccccc48)c3)n2)cc1. The van der Waals surface area contributed by atoms with Crippen LogP contribution in [0, 0.1) is 0 Å². The molecule has 0 aliphatic heterocycles. The molecule has 0 fully saturated rings. The Balaban J connectivity index is 1.15. The first-order valence-corrected chi connectivity index (χ1v) is 19.3. The van der Waals surface area contributed by atoms with Crippen molar-refractivity contribution in [3.8, 4) is 45.3 Å². The van der Waals surface area contributed by atoms with Crippen molar-refractivity contribution in [1.29, 1.82) is 0 Å². The molecule has 57 heavy (non-hydrogen) atoms. The fourth-order valence-corrected chi connectivity index (χ4v) is 8.87. The van der Waals surface area contributed by atoms with Gasteiger partial charge in [-0.1, -0.05) is 127 Å². The Kier molecular flexibility index (Phi) is 6.86. The van der Waals surface area contributed by atoms with Gasteiger partial charge in [-0.25, -0.2) is 9.97 Å². The Labute approximate surface area is 327 Å². The minimum atomic E-state index is 0.681. The van der Waals surface area contributed by atoms with Crippen LogP contribution in [-0.2, 0) is 0 Å². The van der Waals surface area contributed by atoms with Gasteiger partial charge >= 0.3 is 0 Å². The van der Waals surface area contributed by atoms with Crippen molar-refractivity contribution in [2.75, 3.05) is 0 Å². The summed E-state index contributed by atoms with van der Waals surface area (Å²) in [4.78, 5) is 10.3. The van der Waals surface area contributed by atoms with Crippen LogP contribution in [-0.4, -0.2) is 19.1 Å². The fraction of sp³-hybridized carbons (Fsp3) is 0. The smallest absolute Gasteiger partial charge is 0.160 e. The van der Waals surface area contributed by atoms with Gasteiger partial charge in [-0.15, -0.1) is 0 Å². The lowest BCUT2D eigenvalue weighted by atomic mass is 10.0. The third-order valence-corrected chi connectivity index (χ3v) is 11.3. The maximum atomic E-state index is 6.50. The molecule has 0 amide bonds. The summed E-state index contributed by atoms with van der Waals surface area (Å²) in [5, 5.41) is 7.05. The number of hydrogen-bond donors (Lipinski definition) is 0. The Morgan fingerprint density at radius 2 is 0.860 bits per heavy atom. The zero-order valence-electron chi connectivity index (χ0n) is 30.7. The number of aromatic nitrogens is 4. The van der Waals surface area contributed by atoms with Crippen LogP contribution >= 0.6 is 0 Å². The number of fused-ring (bicyclic) bond motifs is 11. The Morgan fingerprint density at radius 3 is 1.58 bits per heavy atom. The van der Waals surface area contributed by atoms with Crippen LogP contribution in [0.2, 0.25) is 0 Å². The van der Waals surface area contributed by atoms with Gasteiger partial charge < -0.3 is 13.6 Å². The van der Waals surface area contributed by atoms with Crippen molar-refractivity contribution >= 4 is 65.6 Å². The average Bonchev–Trinajstić information content (AvgIpc) is 3.95. The zero-order valence-corrected chi connectivity index (χ0v) is 30.7. The topological polar surface area (TPSA) is 48.8 Å². The second kappa shape index (κ2) is 12.4. The van der Waals surface area contributed by atoms with Crippen molar-refractivity contribution in [3.63, 3.8) is 0 Å². The van der Waals surface area contributed by atoms with Gasteiger partial charge in [-0.2, -0.15) is 0 Å². The van der Waals surface area contributed by atoms with Gasteiger partial charge in [0.05, 0.1) is 33.5 Å². The van der Waals surface area contributed by atoms with Crippen LogP contribution < -0.4 is 0 Å². The lowest BCUT2D eigenvalue weighted by molar-refractivity contribution is 0.669. The highest BCUT2D eigenvalue weighted by Gasteiger charge is 2.24. The van der Waals surface area contributed by atoms with Crippen LogP contribution in [0.3, 0.4) is 0 Å². The molecule has 4 aromatic heterocycles. The molecule has 0 spiro atoms.